The number of thiophene rings is 1. The monoisotopic (exact) mass is 353 g/mol. The van der Waals surface area contributed by atoms with Crippen molar-refractivity contribution in [1.29, 1.82) is 0 Å². The van der Waals surface area contributed by atoms with Gasteiger partial charge in [0.05, 0.1) is 17.4 Å². The zero-order chi connectivity index (χ0) is 17.0. The molecule has 8 heteroatoms. The zero-order valence-corrected chi connectivity index (χ0v) is 13.9. The Morgan fingerprint density at radius 1 is 1.22 bits per heavy atom. The highest BCUT2D eigenvalue weighted by atomic mass is 32.2. The Hall–Kier alpha value is -2.19. The van der Waals surface area contributed by atoms with Crippen LogP contribution in [0.4, 0.5) is 0 Å². The van der Waals surface area contributed by atoms with Crippen molar-refractivity contribution in [1.82, 2.24) is 5.32 Å². The molecule has 0 aliphatic heterocycles. The van der Waals surface area contributed by atoms with E-state index in [1.165, 1.54) is 35.6 Å². The minimum absolute atomic E-state index is 0.120. The summed E-state index contributed by atoms with van der Waals surface area (Å²) in [5.41, 5.74) is 0.268. The fourth-order valence-corrected chi connectivity index (χ4v) is 3.39. The molecular formula is C15H15NO5S2. The quantitative estimate of drug-likeness (QED) is 0.828. The van der Waals surface area contributed by atoms with Crippen LogP contribution in [0.15, 0.2) is 46.7 Å². The third-order valence-corrected chi connectivity index (χ3v) is 5.23. The lowest BCUT2D eigenvalue weighted by atomic mass is 10.1. The number of nitrogens with one attached hydrogen (secondary N) is 1. The van der Waals surface area contributed by atoms with Gasteiger partial charge in [0, 0.05) is 16.7 Å². The molecule has 0 aliphatic rings. The number of benzene rings is 1. The van der Waals surface area contributed by atoms with Crippen LogP contribution in [0.25, 0.3) is 0 Å². The van der Waals surface area contributed by atoms with Crippen molar-refractivity contribution in [3.63, 3.8) is 0 Å². The van der Waals surface area contributed by atoms with Gasteiger partial charge in [-0.3, -0.25) is 9.59 Å². The largest absolute Gasteiger partial charge is 0.481 e. The van der Waals surface area contributed by atoms with E-state index < -0.39 is 27.8 Å². The molecule has 0 spiro atoms. The van der Waals surface area contributed by atoms with Gasteiger partial charge in [0.1, 0.15) is 0 Å². The van der Waals surface area contributed by atoms with Crippen molar-refractivity contribution < 1.29 is 23.1 Å². The van der Waals surface area contributed by atoms with Crippen LogP contribution >= 0.6 is 11.3 Å². The molecule has 2 rings (SSSR count). The van der Waals surface area contributed by atoms with Gasteiger partial charge in [-0.1, -0.05) is 6.07 Å². The van der Waals surface area contributed by atoms with Crippen LogP contribution < -0.4 is 5.32 Å². The number of rotatable bonds is 6. The SMILES string of the molecule is CS(=O)(=O)c1ccc(C(=O)NC(CC(=O)O)c2cccs2)cc1. The van der Waals surface area contributed by atoms with Gasteiger partial charge in [-0.25, -0.2) is 8.42 Å². The van der Waals surface area contributed by atoms with Gasteiger partial charge in [-0.2, -0.15) is 0 Å². The summed E-state index contributed by atoms with van der Waals surface area (Å²) in [5, 5.41) is 13.4. The van der Waals surface area contributed by atoms with E-state index in [2.05, 4.69) is 5.32 Å². The molecule has 0 saturated carbocycles. The second-order valence-electron chi connectivity index (χ2n) is 4.94. The molecule has 0 fully saturated rings. The first kappa shape index (κ1) is 17.2. The fraction of sp³-hybridized carbons (Fsp3) is 0.200. The second-order valence-corrected chi connectivity index (χ2v) is 7.93. The van der Waals surface area contributed by atoms with Crippen LogP contribution in [0.5, 0.6) is 0 Å². The number of carbonyl (C=O) groups excluding carboxylic acids is 1. The summed E-state index contributed by atoms with van der Waals surface area (Å²) in [7, 11) is -3.33. The van der Waals surface area contributed by atoms with Crippen LogP contribution in [-0.2, 0) is 14.6 Å². The molecule has 1 heterocycles. The number of amides is 1. The van der Waals surface area contributed by atoms with Crippen LogP contribution in [0.3, 0.4) is 0 Å². The molecule has 0 aliphatic carbocycles. The first-order valence-corrected chi connectivity index (χ1v) is 9.40. The molecule has 0 radical (unpaired) electrons. The first-order chi connectivity index (χ1) is 10.8. The average molecular weight is 353 g/mol. The first-order valence-electron chi connectivity index (χ1n) is 6.63. The van der Waals surface area contributed by atoms with Gasteiger partial charge >= 0.3 is 5.97 Å². The fourth-order valence-electron chi connectivity index (χ4n) is 1.98. The maximum atomic E-state index is 12.2. The van der Waals surface area contributed by atoms with Crippen molar-refractivity contribution in [2.75, 3.05) is 6.26 Å². The predicted molar refractivity (Wildman–Crippen MR) is 86.3 cm³/mol. The van der Waals surface area contributed by atoms with Crippen LogP contribution in [0.2, 0.25) is 0 Å². The third kappa shape index (κ3) is 4.64. The van der Waals surface area contributed by atoms with Crippen LogP contribution in [-0.4, -0.2) is 31.7 Å². The van der Waals surface area contributed by atoms with E-state index in [-0.39, 0.29) is 16.9 Å². The van der Waals surface area contributed by atoms with E-state index in [9.17, 15) is 18.0 Å². The highest BCUT2D eigenvalue weighted by Gasteiger charge is 2.20. The topological polar surface area (TPSA) is 101 Å². The van der Waals surface area contributed by atoms with Gasteiger partial charge in [-0.05, 0) is 35.7 Å². The predicted octanol–water partition coefficient (Wildman–Crippen LogP) is 2.10. The van der Waals surface area contributed by atoms with Crippen LogP contribution in [0.1, 0.15) is 27.7 Å². The standard InChI is InChI=1S/C15H15NO5S2/c1-23(20,21)11-6-4-10(5-7-11)15(19)16-12(9-14(17)18)13-3-2-8-22-13/h2-8,12H,9H2,1H3,(H,16,19)(H,17,18). The molecule has 1 aromatic carbocycles. The second kappa shape index (κ2) is 6.93. The Labute approximate surface area is 137 Å². The average Bonchev–Trinajstić information content (AvgIpc) is 2.99. The third-order valence-electron chi connectivity index (χ3n) is 3.12. The van der Waals surface area contributed by atoms with Crippen molar-refractivity contribution in [2.24, 2.45) is 0 Å². The maximum absolute atomic E-state index is 12.2. The lowest BCUT2D eigenvalue weighted by Crippen LogP contribution is -2.29. The molecule has 1 amide bonds. The number of carbonyl (C=O) groups is 2. The summed E-state index contributed by atoms with van der Waals surface area (Å²) in [6.07, 6.45) is 0.857. The van der Waals surface area contributed by atoms with E-state index in [0.717, 1.165) is 11.1 Å². The summed E-state index contributed by atoms with van der Waals surface area (Å²) >= 11 is 1.36. The molecule has 23 heavy (non-hydrogen) atoms. The minimum atomic E-state index is -3.33. The molecule has 1 atom stereocenters. The van der Waals surface area contributed by atoms with Crippen molar-refractivity contribution in [3.05, 3.63) is 52.2 Å². The van der Waals surface area contributed by atoms with Crippen molar-refractivity contribution in [2.45, 2.75) is 17.4 Å². The molecule has 2 aromatic rings. The maximum Gasteiger partial charge on any atom is 0.305 e. The summed E-state index contributed by atoms with van der Waals surface area (Å²) in [4.78, 5) is 24.1. The number of hydrogen-bond donors (Lipinski definition) is 2. The van der Waals surface area contributed by atoms with Crippen LogP contribution in [0, 0.1) is 0 Å². The number of aliphatic carboxylic acids is 1. The number of carboxylic acid groups (broad SMARTS) is 1. The van der Waals surface area contributed by atoms with E-state index >= 15 is 0 Å². The molecule has 1 unspecified atom stereocenters. The highest BCUT2D eigenvalue weighted by Crippen LogP contribution is 2.22. The Bertz CT molecular complexity index is 795. The zero-order valence-electron chi connectivity index (χ0n) is 12.2. The Balaban J connectivity index is 2.17. The molecule has 6 nitrogen and oxygen atoms in total. The number of carboxylic acids is 1. The molecule has 0 saturated heterocycles. The van der Waals surface area contributed by atoms with E-state index in [0.29, 0.717) is 0 Å². The van der Waals surface area contributed by atoms with E-state index in [1.54, 1.807) is 17.5 Å². The van der Waals surface area contributed by atoms with Gasteiger partial charge in [0.15, 0.2) is 9.84 Å². The Morgan fingerprint density at radius 3 is 2.35 bits per heavy atom. The van der Waals surface area contributed by atoms with E-state index in [1.807, 2.05) is 0 Å². The number of sulfone groups is 1. The molecule has 0 bridgehead atoms. The normalized spacial score (nSPS) is 12.6. The minimum Gasteiger partial charge on any atom is -0.481 e. The molecule has 122 valence electrons. The smallest absolute Gasteiger partial charge is 0.305 e. The molecular weight excluding hydrogens is 338 g/mol. The van der Waals surface area contributed by atoms with E-state index in [4.69, 9.17) is 5.11 Å². The summed E-state index contributed by atoms with van der Waals surface area (Å²) in [5.74, 6) is -1.47. The number of hydrogen-bond acceptors (Lipinski definition) is 5. The van der Waals surface area contributed by atoms with Crippen molar-refractivity contribution >= 4 is 33.1 Å². The Kier molecular flexibility index (Phi) is 5.17. The molecule has 2 N–H and O–H groups in total. The van der Waals surface area contributed by atoms with Gasteiger partial charge in [-0.15, -0.1) is 11.3 Å². The van der Waals surface area contributed by atoms with Gasteiger partial charge in [0.25, 0.3) is 5.91 Å². The highest BCUT2D eigenvalue weighted by molar-refractivity contribution is 7.90. The lowest BCUT2D eigenvalue weighted by Gasteiger charge is -2.15. The molecule has 1 aromatic heterocycles. The Morgan fingerprint density at radius 2 is 1.87 bits per heavy atom. The lowest BCUT2D eigenvalue weighted by molar-refractivity contribution is -0.137. The summed E-state index contributed by atoms with van der Waals surface area (Å²) in [6.45, 7) is 0. The van der Waals surface area contributed by atoms with Crippen molar-refractivity contribution in [3.8, 4) is 0 Å². The summed E-state index contributed by atoms with van der Waals surface area (Å²) in [6, 6.07) is 8.40. The summed E-state index contributed by atoms with van der Waals surface area (Å²) < 4.78 is 22.8. The van der Waals surface area contributed by atoms with Gasteiger partial charge < -0.3 is 10.4 Å². The van der Waals surface area contributed by atoms with Gasteiger partial charge in [0.2, 0.25) is 0 Å².